The van der Waals surface area contributed by atoms with Crippen LogP contribution in [0, 0.1) is 5.82 Å². The fraction of sp³-hybridized carbons (Fsp3) is 0.500. The van der Waals surface area contributed by atoms with Gasteiger partial charge in [-0.15, -0.1) is 0 Å². The van der Waals surface area contributed by atoms with E-state index in [1.807, 2.05) is 0 Å². The summed E-state index contributed by atoms with van der Waals surface area (Å²) in [5, 5.41) is 6.25. The molecule has 1 amide bonds. The molecule has 2 N–H and O–H groups in total. The molecule has 1 aliphatic heterocycles. The third kappa shape index (κ3) is 2.41. The number of hydrogen-bond acceptors (Lipinski definition) is 2. The van der Waals surface area contributed by atoms with E-state index in [-0.39, 0.29) is 23.8 Å². The summed E-state index contributed by atoms with van der Waals surface area (Å²) in [6.45, 7) is 0.761. The number of nitrogens with one attached hydrogen (secondary N) is 2. The fourth-order valence-corrected chi connectivity index (χ4v) is 3.66. The molecule has 1 aromatic carbocycles. The lowest BCUT2D eigenvalue weighted by molar-refractivity contribution is -0.124. The van der Waals surface area contributed by atoms with Gasteiger partial charge in [-0.2, -0.15) is 0 Å². The summed E-state index contributed by atoms with van der Waals surface area (Å²) in [5.74, 6) is -0.0807. The molecule has 3 rings (SSSR count). The molecule has 0 radical (unpaired) electrons. The highest BCUT2D eigenvalue weighted by Crippen LogP contribution is 2.38. The zero-order valence-electron chi connectivity index (χ0n) is 10.5. The first-order chi connectivity index (χ1) is 9.16. The number of amides is 1. The van der Waals surface area contributed by atoms with Crippen molar-refractivity contribution in [1.82, 2.24) is 10.6 Å². The normalized spacial score (nSPS) is 26.1. The number of fused-ring (bicyclic) bond motifs is 1. The Morgan fingerprint density at radius 3 is 2.95 bits per heavy atom. The number of piperidine rings is 1. The van der Waals surface area contributed by atoms with Crippen LogP contribution in [0.5, 0.6) is 0 Å². The maximum Gasteiger partial charge on any atom is 0.237 e. The van der Waals surface area contributed by atoms with Crippen molar-refractivity contribution in [3.8, 4) is 0 Å². The number of rotatable bonds is 2. The zero-order valence-corrected chi connectivity index (χ0v) is 12.1. The number of hydrogen-bond donors (Lipinski definition) is 2. The second-order valence-corrected chi connectivity index (χ2v) is 6.02. The Balaban J connectivity index is 1.82. The van der Waals surface area contributed by atoms with Crippen molar-refractivity contribution in [2.24, 2.45) is 0 Å². The lowest BCUT2D eigenvalue weighted by atomic mass is 10.0. The molecule has 0 spiro atoms. The van der Waals surface area contributed by atoms with E-state index in [1.165, 1.54) is 6.07 Å². The molecule has 0 saturated carbocycles. The molecular formula is C14H16BrFN2O. The van der Waals surface area contributed by atoms with E-state index in [2.05, 4.69) is 26.6 Å². The van der Waals surface area contributed by atoms with Crippen molar-refractivity contribution in [2.75, 3.05) is 6.54 Å². The van der Waals surface area contributed by atoms with Crippen LogP contribution < -0.4 is 10.6 Å². The molecule has 0 aromatic heterocycles. The van der Waals surface area contributed by atoms with E-state index in [9.17, 15) is 9.18 Å². The summed E-state index contributed by atoms with van der Waals surface area (Å²) in [7, 11) is 0. The second-order valence-electron chi connectivity index (χ2n) is 5.17. The Morgan fingerprint density at radius 2 is 2.16 bits per heavy atom. The van der Waals surface area contributed by atoms with Gasteiger partial charge in [-0.25, -0.2) is 4.39 Å². The monoisotopic (exact) mass is 326 g/mol. The maximum atomic E-state index is 13.8. The molecule has 1 saturated heterocycles. The standard InChI is InChI=1S/C14H16BrFN2O/c15-9-4-5-10(16)8-3-6-11(13(8)9)18-12-2-1-7-17-14(12)19/h4-5,11-12,18H,1-3,6-7H2,(H,17,19). The Bertz CT molecular complexity index is 520. The molecule has 2 atom stereocenters. The quantitative estimate of drug-likeness (QED) is 0.876. The SMILES string of the molecule is O=C1NCCCC1NC1CCc2c(F)ccc(Br)c21. The van der Waals surface area contributed by atoms with E-state index in [1.54, 1.807) is 6.07 Å². The summed E-state index contributed by atoms with van der Waals surface area (Å²) in [4.78, 5) is 11.8. The third-order valence-corrected chi connectivity index (χ3v) is 4.66. The molecule has 102 valence electrons. The van der Waals surface area contributed by atoms with Crippen LogP contribution in [0.25, 0.3) is 0 Å². The van der Waals surface area contributed by atoms with Crippen molar-refractivity contribution in [3.05, 3.63) is 33.5 Å². The van der Waals surface area contributed by atoms with Gasteiger partial charge in [0.2, 0.25) is 5.91 Å². The lowest BCUT2D eigenvalue weighted by Gasteiger charge is -2.26. The van der Waals surface area contributed by atoms with Crippen LogP contribution >= 0.6 is 15.9 Å². The maximum absolute atomic E-state index is 13.8. The van der Waals surface area contributed by atoms with Crippen molar-refractivity contribution in [3.63, 3.8) is 0 Å². The topological polar surface area (TPSA) is 41.1 Å². The van der Waals surface area contributed by atoms with Gasteiger partial charge in [0.15, 0.2) is 0 Å². The average Bonchev–Trinajstić information content (AvgIpc) is 2.82. The largest absolute Gasteiger partial charge is 0.355 e. The molecule has 2 aliphatic rings. The smallest absolute Gasteiger partial charge is 0.237 e. The lowest BCUT2D eigenvalue weighted by Crippen LogP contribution is -2.49. The van der Waals surface area contributed by atoms with Crippen molar-refractivity contribution in [1.29, 1.82) is 0 Å². The molecule has 1 aliphatic carbocycles. The molecule has 1 fully saturated rings. The Morgan fingerprint density at radius 1 is 1.32 bits per heavy atom. The van der Waals surface area contributed by atoms with Gasteiger partial charge in [0, 0.05) is 17.1 Å². The molecule has 1 aromatic rings. The minimum atomic E-state index is -0.153. The first-order valence-corrected chi connectivity index (χ1v) is 7.46. The molecule has 3 nitrogen and oxygen atoms in total. The summed E-state index contributed by atoms with van der Waals surface area (Å²) in [5.41, 5.74) is 1.77. The van der Waals surface area contributed by atoms with Gasteiger partial charge >= 0.3 is 0 Å². The first kappa shape index (κ1) is 13.1. The summed E-state index contributed by atoms with van der Waals surface area (Å²) in [6.07, 6.45) is 3.42. The Labute approximate surface area is 120 Å². The third-order valence-electron chi connectivity index (χ3n) is 3.97. The summed E-state index contributed by atoms with van der Waals surface area (Å²) < 4.78 is 14.7. The molecule has 1 heterocycles. The van der Waals surface area contributed by atoms with E-state index >= 15 is 0 Å². The Kier molecular flexibility index (Phi) is 3.58. The van der Waals surface area contributed by atoms with Gasteiger partial charge in [-0.05, 0) is 48.9 Å². The van der Waals surface area contributed by atoms with Gasteiger partial charge in [-0.3, -0.25) is 10.1 Å². The van der Waals surface area contributed by atoms with E-state index in [0.29, 0.717) is 0 Å². The highest BCUT2D eigenvalue weighted by atomic mass is 79.9. The first-order valence-electron chi connectivity index (χ1n) is 6.67. The van der Waals surface area contributed by atoms with Gasteiger partial charge < -0.3 is 5.32 Å². The molecule has 19 heavy (non-hydrogen) atoms. The molecule has 2 unspecified atom stereocenters. The Hall–Kier alpha value is -0.940. The number of benzene rings is 1. The van der Waals surface area contributed by atoms with E-state index in [4.69, 9.17) is 0 Å². The minimum Gasteiger partial charge on any atom is -0.355 e. The van der Waals surface area contributed by atoms with Crippen molar-refractivity contribution in [2.45, 2.75) is 37.8 Å². The van der Waals surface area contributed by atoms with Gasteiger partial charge in [0.05, 0.1) is 6.04 Å². The van der Waals surface area contributed by atoms with Crippen LogP contribution in [0.4, 0.5) is 4.39 Å². The highest BCUT2D eigenvalue weighted by Gasteiger charge is 2.31. The van der Waals surface area contributed by atoms with Crippen LogP contribution in [0.3, 0.4) is 0 Å². The van der Waals surface area contributed by atoms with E-state index in [0.717, 1.165) is 47.8 Å². The van der Waals surface area contributed by atoms with Crippen molar-refractivity contribution >= 4 is 21.8 Å². The van der Waals surface area contributed by atoms with Gasteiger partial charge in [0.25, 0.3) is 0 Å². The molecule has 5 heteroatoms. The van der Waals surface area contributed by atoms with Gasteiger partial charge in [0.1, 0.15) is 5.82 Å². The number of halogens is 2. The molecular weight excluding hydrogens is 311 g/mol. The number of carbonyl (C=O) groups is 1. The van der Waals surface area contributed by atoms with Crippen LogP contribution in [0.15, 0.2) is 16.6 Å². The average molecular weight is 327 g/mol. The summed E-state index contributed by atoms with van der Waals surface area (Å²) in [6, 6.07) is 3.15. The summed E-state index contributed by atoms with van der Waals surface area (Å²) >= 11 is 3.49. The van der Waals surface area contributed by atoms with Crippen LogP contribution in [-0.4, -0.2) is 18.5 Å². The predicted octanol–water partition coefficient (Wildman–Crippen LogP) is 2.44. The zero-order chi connectivity index (χ0) is 13.4. The van der Waals surface area contributed by atoms with Crippen LogP contribution in [0.1, 0.15) is 36.4 Å². The second kappa shape index (κ2) is 5.21. The predicted molar refractivity (Wildman–Crippen MR) is 74.3 cm³/mol. The number of carbonyl (C=O) groups excluding carboxylic acids is 1. The van der Waals surface area contributed by atoms with Crippen LogP contribution in [0.2, 0.25) is 0 Å². The fourth-order valence-electron chi connectivity index (χ4n) is 3.01. The van der Waals surface area contributed by atoms with Crippen molar-refractivity contribution < 1.29 is 9.18 Å². The minimum absolute atomic E-state index is 0.0622. The highest BCUT2D eigenvalue weighted by molar-refractivity contribution is 9.10. The van der Waals surface area contributed by atoms with Gasteiger partial charge in [-0.1, -0.05) is 15.9 Å². The molecule has 0 bridgehead atoms. The van der Waals surface area contributed by atoms with E-state index < -0.39 is 0 Å². The van der Waals surface area contributed by atoms with Crippen LogP contribution in [-0.2, 0) is 11.2 Å².